The molecular weight excluding hydrogens is 186 g/mol. The molecule has 0 aromatic carbocycles. The first-order chi connectivity index (χ1) is 6.24. The third-order valence-corrected chi connectivity index (χ3v) is 2.58. The summed E-state index contributed by atoms with van der Waals surface area (Å²) in [5, 5.41) is 8.27. The van der Waals surface area contributed by atoms with Crippen LogP contribution in [0.15, 0.2) is 0 Å². The monoisotopic (exact) mass is 199 g/mol. The minimum absolute atomic E-state index is 0.435. The minimum Gasteiger partial charge on any atom is -0.311 e. The molecule has 2 rings (SSSR count). The van der Waals surface area contributed by atoms with Crippen LogP contribution in [0.4, 0.5) is 0 Å². The molecule has 1 heterocycles. The number of hydrogen-bond donors (Lipinski definition) is 0. The lowest BCUT2D eigenvalue weighted by Crippen LogP contribution is -2.06. The van der Waals surface area contributed by atoms with Crippen LogP contribution in [0.1, 0.15) is 50.3 Å². The zero-order valence-corrected chi connectivity index (χ0v) is 8.75. The molecule has 0 aliphatic heterocycles. The number of halogens is 1. The molecule has 13 heavy (non-hydrogen) atoms. The van der Waals surface area contributed by atoms with Gasteiger partial charge in [0, 0.05) is 12.0 Å². The summed E-state index contributed by atoms with van der Waals surface area (Å²) in [5.74, 6) is 2.91. The molecule has 1 fully saturated rings. The van der Waals surface area contributed by atoms with Crippen molar-refractivity contribution in [3.8, 4) is 0 Å². The lowest BCUT2D eigenvalue weighted by atomic mass is 10.2. The van der Waals surface area contributed by atoms with E-state index in [-0.39, 0.29) is 0 Å². The average Bonchev–Trinajstić information content (AvgIpc) is 2.84. The van der Waals surface area contributed by atoms with Crippen LogP contribution in [-0.4, -0.2) is 14.8 Å². The molecule has 1 aromatic rings. The molecule has 0 atom stereocenters. The third kappa shape index (κ3) is 1.57. The lowest BCUT2D eigenvalue weighted by molar-refractivity contribution is 0.624. The fraction of sp³-hybridized carbons (Fsp3) is 0.778. The molecule has 1 saturated carbocycles. The van der Waals surface area contributed by atoms with Gasteiger partial charge in [0.05, 0.1) is 5.88 Å². The number of aromatic nitrogens is 3. The maximum atomic E-state index is 5.80. The maximum Gasteiger partial charge on any atom is 0.148 e. The van der Waals surface area contributed by atoms with Gasteiger partial charge in [0.25, 0.3) is 0 Å². The molecule has 0 N–H and O–H groups in total. The summed E-state index contributed by atoms with van der Waals surface area (Å²) in [6.07, 6.45) is 2.50. The van der Waals surface area contributed by atoms with Crippen LogP contribution in [0.5, 0.6) is 0 Å². The first-order valence-corrected chi connectivity index (χ1v) is 5.27. The van der Waals surface area contributed by atoms with E-state index in [9.17, 15) is 0 Å². The molecule has 0 saturated heterocycles. The summed E-state index contributed by atoms with van der Waals surface area (Å²) in [4.78, 5) is 0. The Balaban J connectivity index is 2.38. The molecule has 72 valence electrons. The van der Waals surface area contributed by atoms with E-state index in [0.717, 1.165) is 11.6 Å². The van der Waals surface area contributed by atoms with Gasteiger partial charge in [-0.2, -0.15) is 0 Å². The highest BCUT2D eigenvalue weighted by Gasteiger charge is 2.29. The van der Waals surface area contributed by atoms with Crippen molar-refractivity contribution in [2.45, 2.75) is 44.5 Å². The number of alkyl halides is 1. The van der Waals surface area contributed by atoms with Gasteiger partial charge in [-0.15, -0.1) is 21.8 Å². The topological polar surface area (TPSA) is 30.7 Å². The first-order valence-electron chi connectivity index (χ1n) is 4.73. The normalized spacial score (nSPS) is 16.9. The van der Waals surface area contributed by atoms with Gasteiger partial charge in [0.2, 0.25) is 0 Å². The van der Waals surface area contributed by atoms with E-state index in [0.29, 0.717) is 17.8 Å². The van der Waals surface area contributed by atoms with Crippen LogP contribution in [-0.2, 0) is 5.88 Å². The minimum atomic E-state index is 0.435. The molecule has 3 nitrogen and oxygen atoms in total. The van der Waals surface area contributed by atoms with Crippen molar-refractivity contribution < 1.29 is 0 Å². The lowest BCUT2D eigenvalue weighted by Gasteiger charge is -2.09. The zero-order chi connectivity index (χ0) is 9.42. The van der Waals surface area contributed by atoms with Gasteiger partial charge in [0.15, 0.2) is 0 Å². The Labute approximate surface area is 83.1 Å². The Hall–Kier alpha value is -0.570. The molecule has 1 aliphatic carbocycles. The predicted octanol–water partition coefficient (Wildman–Crippen LogP) is 2.48. The van der Waals surface area contributed by atoms with Gasteiger partial charge in [-0.05, 0) is 12.8 Å². The molecular formula is C9H14ClN3. The first kappa shape index (κ1) is 9.00. The molecule has 0 spiro atoms. The second kappa shape index (κ2) is 3.29. The van der Waals surface area contributed by atoms with Crippen molar-refractivity contribution in [2.24, 2.45) is 0 Å². The Morgan fingerprint density at radius 2 is 2.15 bits per heavy atom. The molecule has 0 bridgehead atoms. The summed E-state index contributed by atoms with van der Waals surface area (Å²) in [7, 11) is 0. The highest BCUT2D eigenvalue weighted by molar-refractivity contribution is 6.16. The van der Waals surface area contributed by atoms with Crippen LogP contribution < -0.4 is 0 Å². The standard InChI is InChI=1S/C9H14ClN3/c1-6(2)9-12-11-8(5-10)13(9)7-3-4-7/h6-7H,3-5H2,1-2H3. The molecule has 1 aromatic heterocycles. The molecule has 0 amide bonds. The number of hydrogen-bond acceptors (Lipinski definition) is 2. The van der Waals surface area contributed by atoms with Gasteiger partial charge in [0.1, 0.15) is 11.6 Å². The second-order valence-corrected chi connectivity index (χ2v) is 4.13. The van der Waals surface area contributed by atoms with E-state index in [1.54, 1.807) is 0 Å². The Bertz CT molecular complexity index is 302. The predicted molar refractivity (Wildman–Crippen MR) is 51.9 cm³/mol. The van der Waals surface area contributed by atoms with Gasteiger partial charge in [-0.25, -0.2) is 0 Å². The zero-order valence-electron chi connectivity index (χ0n) is 8.00. The van der Waals surface area contributed by atoms with Gasteiger partial charge in [-0.1, -0.05) is 13.8 Å². The fourth-order valence-corrected chi connectivity index (χ4v) is 1.74. The fourth-order valence-electron chi connectivity index (χ4n) is 1.55. The smallest absolute Gasteiger partial charge is 0.148 e. The van der Waals surface area contributed by atoms with Crippen LogP contribution in [0.3, 0.4) is 0 Å². The van der Waals surface area contributed by atoms with E-state index < -0.39 is 0 Å². The van der Waals surface area contributed by atoms with E-state index in [1.165, 1.54) is 12.8 Å². The summed E-state index contributed by atoms with van der Waals surface area (Å²) in [6, 6.07) is 0.626. The average molecular weight is 200 g/mol. The summed E-state index contributed by atoms with van der Waals surface area (Å²) in [5.41, 5.74) is 0. The van der Waals surface area contributed by atoms with Crippen molar-refractivity contribution in [1.82, 2.24) is 14.8 Å². The van der Waals surface area contributed by atoms with Crippen LogP contribution in [0.2, 0.25) is 0 Å². The van der Waals surface area contributed by atoms with Crippen molar-refractivity contribution in [1.29, 1.82) is 0 Å². The van der Waals surface area contributed by atoms with Crippen molar-refractivity contribution >= 4 is 11.6 Å². The van der Waals surface area contributed by atoms with Crippen molar-refractivity contribution in [3.63, 3.8) is 0 Å². The maximum absolute atomic E-state index is 5.80. The van der Waals surface area contributed by atoms with E-state index in [4.69, 9.17) is 11.6 Å². The Morgan fingerprint density at radius 1 is 1.46 bits per heavy atom. The number of nitrogens with zero attached hydrogens (tertiary/aromatic N) is 3. The van der Waals surface area contributed by atoms with Crippen molar-refractivity contribution in [2.75, 3.05) is 0 Å². The van der Waals surface area contributed by atoms with E-state index in [2.05, 4.69) is 28.6 Å². The summed E-state index contributed by atoms with van der Waals surface area (Å²) < 4.78 is 2.22. The highest BCUT2D eigenvalue weighted by Crippen LogP contribution is 2.38. The highest BCUT2D eigenvalue weighted by atomic mass is 35.5. The quantitative estimate of drug-likeness (QED) is 0.701. The molecule has 0 radical (unpaired) electrons. The molecule has 1 aliphatic rings. The second-order valence-electron chi connectivity index (χ2n) is 3.86. The number of rotatable bonds is 3. The van der Waals surface area contributed by atoms with E-state index >= 15 is 0 Å². The van der Waals surface area contributed by atoms with Crippen molar-refractivity contribution in [3.05, 3.63) is 11.6 Å². The summed E-state index contributed by atoms with van der Waals surface area (Å²) in [6.45, 7) is 4.28. The summed E-state index contributed by atoms with van der Waals surface area (Å²) >= 11 is 5.80. The Morgan fingerprint density at radius 3 is 2.62 bits per heavy atom. The van der Waals surface area contributed by atoms with E-state index in [1.807, 2.05) is 0 Å². The SMILES string of the molecule is CC(C)c1nnc(CCl)n1C1CC1. The Kier molecular flexibility index (Phi) is 2.28. The largest absolute Gasteiger partial charge is 0.311 e. The van der Waals surface area contributed by atoms with Gasteiger partial charge < -0.3 is 4.57 Å². The van der Waals surface area contributed by atoms with Crippen LogP contribution >= 0.6 is 11.6 Å². The molecule has 4 heteroatoms. The van der Waals surface area contributed by atoms with Crippen LogP contribution in [0.25, 0.3) is 0 Å². The third-order valence-electron chi connectivity index (χ3n) is 2.34. The molecule has 0 unspecified atom stereocenters. The van der Waals surface area contributed by atoms with Crippen LogP contribution in [0, 0.1) is 0 Å². The van der Waals surface area contributed by atoms with Gasteiger partial charge in [-0.3, -0.25) is 0 Å². The van der Waals surface area contributed by atoms with Gasteiger partial charge >= 0.3 is 0 Å².